The van der Waals surface area contributed by atoms with E-state index in [2.05, 4.69) is 10.6 Å². The van der Waals surface area contributed by atoms with E-state index in [4.69, 9.17) is 0 Å². The van der Waals surface area contributed by atoms with E-state index in [0.717, 1.165) is 12.1 Å². The molecule has 8 heteroatoms. The van der Waals surface area contributed by atoms with Gasteiger partial charge in [-0.3, -0.25) is 9.59 Å². The van der Waals surface area contributed by atoms with Crippen molar-refractivity contribution in [3.8, 4) is 0 Å². The molecule has 0 unspecified atom stereocenters. The second kappa shape index (κ2) is 9.02. The summed E-state index contributed by atoms with van der Waals surface area (Å²) in [5, 5.41) is 5.17. The van der Waals surface area contributed by atoms with Crippen LogP contribution < -0.4 is 10.6 Å². The van der Waals surface area contributed by atoms with E-state index < -0.39 is 17.6 Å². The lowest BCUT2D eigenvalue weighted by molar-refractivity contribution is -0.137. The van der Waals surface area contributed by atoms with Gasteiger partial charge in [-0.15, -0.1) is 0 Å². The molecule has 2 rings (SSSR count). The van der Waals surface area contributed by atoms with E-state index in [1.165, 1.54) is 6.07 Å². The maximum Gasteiger partial charge on any atom is 0.416 e. The van der Waals surface area contributed by atoms with Gasteiger partial charge in [0.2, 0.25) is 5.91 Å². The third kappa shape index (κ3) is 6.01. The van der Waals surface area contributed by atoms with Gasteiger partial charge in [0.15, 0.2) is 0 Å². The highest BCUT2D eigenvalue weighted by molar-refractivity contribution is 14.1. The number of rotatable bonds is 6. The molecule has 0 aliphatic rings. The Morgan fingerprint density at radius 3 is 2.38 bits per heavy atom. The second-order valence-electron chi connectivity index (χ2n) is 5.47. The molecule has 0 spiro atoms. The molecular weight excluding hydrogens is 460 g/mol. The molecule has 2 N–H and O–H groups in total. The number of amides is 2. The van der Waals surface area contributed by atoms with Crippen LogP contribution in [0.25, 0.3) is 0 Å². The fraction of sp³-hybridized carbons (Fsp3) is 0.222. The van der Waals surface area contributed by atoms with E-state index in [1.807, 2.05) is 22.6 Å². The Morgan fingerprint density at radius 1 is 1.04 bits per heavy atom. The first-order valence-corrected chi connectivity index (χ1v) is 8.85. The van der Waals surface area contributed by atoms with E-state index in [0.29, 0.717) is 22.1 Å². The van der Waals surface area contributed by atoms with E-state index in [9.17, 15) is 22.8 Å². The molecule has 0 saturated heterocycles. The highest BCUT2D eigenvalue weighted by Gasteiger charge is 2.31. The molecule has 0 heterocycles. The zero-order valence-electron chi connectivity index (χ0n) is 13.6. The summed E-state index contributed by atoms with van der Waals surface area (Å²) in [5.74, 6) is -0.644. The number of carbonyl (C=O) groups is 2. The molecule has 0 aliphatic heterocycles. The number of benzene rings is 2. The first-order chi connectivity index (χ1) is 12.3. The molecule has 0 aliphatic carbocycles. The third-order valence-electron chi connectivity index (χ3n) is 3.47. The minimum Gasteiger partial charge on any atom is -0.352 e. The van der Waals surface area contributed by atoms with Crippen molar-refractivity contribution in [2.75, 3.05) is 11.9 Å². The van der Waals surface area contributed by atoms with Gasteiger partial charge in [0.05, 0.1) is 11.3 Å². The van der Waals surface area contributed by atoms with Crippen LogP contribution in [0.2, 0.25) is 0 Å². The Morgan fingerprint density at radius 2 is 1.73 bits per heavy atom. The molecule has 4 nitrogen and oxygen atoms in total. The first kappa shape index (κ1) is 20.2. The fourth-order valence-corrected chi connectivity index (χ4v) is 2.62. The van der Waals surface area contributed by atoms with Gasteiger partial charge in [-0.05, 0) is 59.3 Å². The number of alkyl halides is 3. The molecule has 138 valence electrons. The predicted octanol–water partition coefficient (Wildman–Crippen LogP) is 4.46. The lowest BCUT2D eigenvalue weighted by atomic mass is 10.2. The average molecular weight is 476 g/mol. The fourth-order valence-electron chi connectivity index (χ4n) is 2.15. The quantitative estimate of drug-likeness (QED) is 0.478. The Balaban J connectivity index is 1.81. The van der Waals surface area contributed by atoms with Crippen molar-refractivity contribution in [2.24, 2.45) is 0 Å². The average Bonchev–Trinajstić information content (AvgIpc) is 2.60. The van der Waals surface area contributed by atoms with Crippen LogP contribution >= 0.6 is 22.6 Å². The topological polar surface area (TPSA) is 58.2 Å². The van der Waals surface area contributed by atoms with Crippen LogP contribution in [0, 0.1) is 3.57 Å². The van der Waals surface area contributed by atoms with Gasteiger partial charge in [0.1, 0.15) is 0 Å². The van der Waals surface area contributed by atoms with Gasteiger partial charge in [0, 0.05) is 22.1 Å². The van der Waals surface area contributed by atoms with Gasteiger partial charge in [0.25, 0.3) is 5.91 Å². The zero-order valence-corrected chi connectivity index (χ0v) is 15.7. The molecule has 2 aromatic carbocycles. The van der Waals surface area contributed by atoms with Gasteiger partial charge in [-0.25, -0.2) is 0 Å². The van der Waals surface area contributed by atoms with E-state index in [-0.39, 0.29) is 18.0 Å². The SMILES string of the molecule is O=C(CCCNC(=O)c1ccccc1)Nc1cc(C(F)(F)F)ccc1I. The number of hydrogen-bond donors (Lipinski definition) is 2. The Hall–Kier alpha value is -2.10. The van der Waals surface area contributed by atoms with Crippen LogP contribution in [0.3, 0.4) is 0 Å². The lowest BCUT2D eigenvalue weighted by Crippen LogP contribution is -2.25. The van der Waals surface area contributed by atoms with E-state index in [1.54, 1.807) is 30.3 Å². The largest absolute Gasteiger partial charge is 0.416 e. The number of carbonyl (C=O) groups excluding carboxylic acids is 2. The van der Waals surface area contributed by atoms with Crippen molar-refractivity contribution < 1.29 is 22.8 Å². The molecule has 0 aromatic heterocycles. The minimum absolute atomic E-state index is 0.0847. The highest BCUT2D eigenvalue weighted by atomic mass is 127. The first-order valence-electron chi connectivity index (χ1n) is 7.77. The number of anilines is 1. The number of nitrogens with one attached hydrogen (secondary N) is 2. The Bertz CT molecular complexity index is 780. The molecule has 0 atom stereocenters. The highest BCUT2D eigenvalue weighted by Crippen LogP contribution is 2.32. The van der Waals surface area contributed by atoms with Crippen LogP contribution in [0.15, 0.2) is 48.5 Å². The summed E-state index contributed by atoms with van der Waals surface area (Å²) in [6.07, 6.45) is -4.01. The summed E-state index contributed by atoms with van der Waals surface area (Å²) in [6, 6.07) is 11.8. The Kier molecular flexibility index (Phi) is 7.01. The van der Waals surface area contributed by atoms with Crippen molar-refractivity contribution in [1.29, 1.82) is 0 Å². The van der Waals surface area contributed by atoms with Gasteiger partial charge >= 0.3 is 6.18 Å². The van der Waals surface area contributed by atoms with Crippen molar-refractivity contribution >= 4 is 40.1 Å². The Labute approximate surface area is 162 Å². The van der Waals surface area contributed by atoms with Crippen LogP contribution in [0.4, 0.5) is 18.9 Å². The van der Waals surface area contributed by atoms with Crippen molar-refractivity contribution in [3.05, 3.63) is 63.2 Å². The zero-order chi connectivity index (χ0) is 19.2. The smallest absolute Gasteiger partial charge is 0.352 e. The minimum atomic E-state index is -4.47. The molecule has 0 fully saturated rings. The summed E-state index contributed by atoms with van der Waals surface area (Å²) < 4.78 is 38.8. The molecule has 26 heavy (non-hydrogen) atoms. The van der Waals surface area contributed by atoms with Gasteiger partial charge < -0.3 is 10.6 Å². The van der Waals surface area contributed by atoms with Crippen LogP contribution in [0.5, 0.6) is 0 Å². The van der Waals surface area contributed by atoms with E-state index >= 15 is 0 Å². The van der Waals surface area contributed by atoms with Crippen molar-refractivity contribution in [2.45, 2.75) is 19.0 Å². The summed E-state index contributed by atoms with van der Waals surface area (Å²) >= 11 is 1.86. The monoisotopic (exact) mass is 476 g/mol. The normalized spacial score (nSPS) is 11.1. The number of halogens is 4. The van der Waals surface area contributed by atoms with Gasteiger partial charge in [-0.2, -0.15) is 13.2 Å². The third-order valence-corrected chi connectivity index (χ3v) is 4.41. The number of hydrogen-bond acceptors (Lipinski definition) is 2. The van der Waals surface area contributed by atoms with Crippen molar-refractivity contribution in [1.82, 2.24) is 5.32 Å². The molecule has 0 saturated carbocycles. The van der Waals surface area contributed by atoms with Gasteiger partial charge in [-0.1, -0.05) is 18.2 Å². The van der Waals surface area contributed by atoms with Crippen LogP contribution in [0.1, 0.15) is 28.8 Å². The predicted molar refractivity (Wildman–Crippen MR) is 101 cm³/mol. The summed E-state index contributed by atoms with van der Waals surface area (Å²) in [4.78, 5) is 23.8. The molecular formula is C18H16F3IN2O2. The standard InChI is InChI=1S/C18H16F3IN2O2/c19-18(20,21)13-8-9-14(22)15(11-13)24-16(25)7-4-10-23-17(26)12-5-2-1-3-6-12/h1-3,5-6,8-9,11H,4,7,10H2,(H,23,26)(H,24,25). The summed E-state index contributed by atoms with van der Waals surface area (Å²) in [6.45, 7) is 0.292. The lowest BCUT2D eigenvalue weighted by Gasteiger charge is -2.12. The molecule has 2 amide bonds. The molecule has 0 bridgehead atoms. The molecule has 0 radical (unpaired) electrons. The maximum absolute atomic E-state index is 12.7. The summed E-state index contributed by atoms with van der Waals surface area (Å²) in [7, 11) is 0. The maximum atomic E-state index is 12.7. The second-order valence-corrected chi connectivity index (χ2v) is 6.63. The van der Waals surface area contributed by atoms with Crippen LogP contribution in [-0.2, 0) is 11.0 Å². The van der Waals surface area contributed by atoms with Crippen molar-refractivity contribution in [3.63, 3.8) is 0 Å². The molecule has 2 aromatic rings. The summed E-state index contributed by atoms with van der Waals surface area (Å²) in [5.41, 5.74) is -0.169. The van der Waals surface area contributed by atoms with Crippen LogP contribution in [-0.4, -0.2) is 18.4 Å².